The zero-order valence-electron chi connectivity index (χ0n) is 10.5. The molecule has 0 unspecified atom stereocenters. The van der Waals surface area contributed by atoms with E-state index in [1.807, 2.05) is 32.0 Å². The van der Waals surface area contributed by atoms with Gasteiger partial charge in [0.1, 0.15) is 0 Å². The molecule has 1 aromatic carbocycles. The molecule has 0 bridgehead atoms. The van der Waals surface area contributed by atoms with Gasteiger partial charge < -0.3 is 9.64 Å². The van der Waals surface area contributed by atoms with Gasteiger partial charge in [0, 0.05) is 30.2 Å². The predicted octanol–water partition coefficient (Wildman–Crippen LogP) is 2.87. The Labute approximate surface area is 111 Å². The molecule has 3 nitrogen and oxygen atoms in total. The molecule has 0 radical (unpaired) electrons. The molecule has 4 heteroatoms. The highest BCUT2D eigenvalue weighted by atomic mass is 79.9. The first-order chi connectivity index (χ1) is 8.10. The van der Waals surface area contributed by atoms with Crippen molar-refractivity contribution in [2.45, 2.75) is 13.8 Å². The van der Waals surface area contributed by atoms with Crippen molar-refractivity contribution in [1.82, 2.24) is 4.90 Å². The van der Waals surface area contributed by atoms with Crippen molar-refractivity contribution in [2.24, 2.45) is 0 Å². The number of likely N-dealkylation sites (N-methyl/N-ethyl adjacent to an activating group) is 1. The number of carbonyl (C=O) groups is 1. The van der Waals surface area contributed by atoms with Crippen LogP contribution in [0, 0.1) is 6.92 Å². The van der Waals surface area contributed by atoms with E-state index in [2.05, 4.69) is 15.9 Å². The molecule has 0 N–H and O–H groups in total. The van der Waals surface area contributed by atoms with Gasteiger partial charge in [-0.1, -0.05) is 22.0 Å². The quantitative estimate of drug-likeness (QED) is 0.837. The number of hydrogen-bond acceptors (Lipinski definition) is 2. The molecule has 0 fully saturated rings. The normalized spacial score (nSPS) is 10.4. The van der Waals surface area contributed by atoms with Crippen LogP contribution in [-0.4, -0.2) is 37.6 Å². The maximum Gasteiger partial charge on any atom is 0.254 e. The number of amides is 1. The summed E-state index contributed by atoms with van der Waals surface area (Å²) in [5, 5.41) is 0. The summed E-state index contributed by atoms with van der Waals surface area (Å²) in [5.41, 5.74) is 1.74. The molecule has 1 aromatic rings. The molecule has 0 atom stereocenters. The van der Waals surface area contributed by atoms with Crippen LogP contribution in [0.4, 0.5) is 0 Å². The van der Waals surface area contributed by atoms with E-state index < -0.39 is 0 Å². The Kier molecular flexibility index (Phi) is 5.65. The average Bonchev–Trinajstić information content (AvgIpc) is 2.33. The highest BCUT2D eigenvalue weighted by Crippen LogP contribution is 2.17. The van der Waals surface area contributed by atoms with Crippen LogP contribution in [0.3, 0.4) is 0 Å². The Morgan fingerprint density at radius 3 is 2.76 bits per heavy atom. The van der Waals surface area contributed by atoms with Gasteiger partial charge in [-0.25, -0.2) is 0 Å². The molecule has 0 aliphatic rings. The van der Waals surface area contributed by atoms with E-state index in [9.17, 15) is 4.79 Å². The van der Waals surface area contributed by atoms with E-state index in [1.54, 1.807) is 12.0 Å². The standard InChI is InChI=1S/C13H18BrNO2/c1-4-15(7-8-17-3)13(16)12-9-11(14)6-5-10(12)2/h5-6,9H,4,7-8H2,1-3H3. The number of aryl methyl sites for hydroxylation is 1. The highest BCUT2D eigenvalue weighted by Gasteiger charge is 2.16. The zero-order chi connectivity index (χ0) is 12.8. The Balaban J connectivity index is 2.89. The van der Waals surface area contributed by atoms with Gasteiger partial charge in [-0.05, 0) is 31.5 Å². The van der Waals surface area contributed by atoms with Crippen molar-refractivity contribution < 1.29 is 9.53 Å². The van der Waals surface area contributed by atoms with Crippen LogP contribution >= 0.6 is 15.9 Å². The molecule has 0 aliphatic carbocycles. The number of rotatable bonds is 5. The summed E-state index contributed by atoms with van der Waals surface area (Å²) in [5.74, 6) is 0.0587. The van der Waals surface area contributed by atoms with Crippen LogP contribution in [-0.2, 0) is 4.74 Å². The lowest BCUT2D eigenvalue weighted by Crippen LogP contribution is -2.34. The maximum absolute atomic E-state index is 12.3. The molecule has 0 saturated carbocycles. The van der Waals surface area contributed by atoms with Crippen LogP contribution in [0.1, 0.15) is 22.8 Å². The highest BCUT2D eigenvalue weighted by molar-refractivity contribution is 9.10. The Morgan fingerprint density at radius 1 is 1.47 bits per heavy atom. The van der Waals surface area contributed by atoms with Gasteiger partial charge in [-0.3, -0.25) is 4.79 Å². The first-order valence-corrected chi connectivity index (χ1v) is 6.43. The molecule has 0 heterocycles. The average molecular weight is 300 g/mol. The molecular weight excluding hydrogens is 282 g/mol. The number of ether oxygens (including phenoxy) is 1. The summed E-state index contributed by atoms with van der Waals surface area (Å²) in [4.78, 5) is 14.1. The van der Waals surface area contributed by atoms with Crippen LogP contribution < -0.4 is 0 Å². The Hall–Kier alpha value is -0.870. The smallest absolute Gasteiger partial charge is 0.254 e. The number of hydrogen-bond donors (Lipinski definition) is 0. The lowest BCUT2D eigenvalue weighted by atomic mass is 10.1. The minimum atomic E-state index is 0.0587. The Morgan fingerprint density at radius 2 is 2.18 bits per heavy atom. The van der Waals surface area contributed by atoms with Gasteiger partial charge in [0.2, 0.25) is 0 Å². The van der Waals surface area contributed by atoms with E-state index in [1.165, 1.54) is 0 Å². The third kappa shape index (κ3) is 3.82. The minimum Gasteiger partial charge on any atom is -0.383 e. The Bertz CT molecular complexity index is 393. The fourth-order valence-corrected chi connectivity index (χ4v) is 1.96. The van der Waals surface area contributed by atoms with Crippen LogP contribution in [0.25, 0.3) is 0 Å². The molecule has 0 saturated heterocycles. The van der Waals surface area contributed by atoms with Gasteiger partial charge >= 0.3 is 0 Å². The number of nitrogens with zero attached hydrogens (tertiary/aromatic N) is 1. The lowest BCUT2D eigenvalue weighted by molar-refractivity contribution is 0.0705. The molecule has 17 heavy (non-hydrogen) atoms. The maximum atomic E-state index is 12.3. The summed E-state index contributed by atoms with van der Waals surface area (Å²) in [6.45, 7) is 5.79. The van der Waals surface area contributed by atoms with Crippen molar-refractivity contribution in [2.75, 3.05) is 26.8 Å². The van der Waals surface area contributed by atoms with Crippen LogP contribution in [0.15, 0.2) is 22.7 Å². The molecule has 1 amide bonds. The zero-order valence-corrected chi connectivity index (χ0v) is 12.1. The predicted molar refractivity (Wildman–Crippen MR) is 72.3 cm³/mol. The van der Waals surface area contributed by atoms with E-state index in [4.69, 9.17) is 4.74 Å². The van der Waals surface area contributed by atoms with Crippen molar-refractivity contribution in [3.8, 4) is 0 Å². The second-order valence-electron chi connectivity index (χ2n) is 3.84. The number of benzene rings is 1. The molecular formula is C13H18BrNO2. The fourth-order valence-electron chi connectivity index (χ4n) is 1.60. The SMILES string of the molecule is CCN(CCOC)C(=O)c1cc(Br)ccc1C. The molecule has 0 spiro atoms. The van der Waals surface area contributed by atoms with Crippen molar-refractivity contribution in [3.05, 3.63) is 33.8 Å². The second-order valence-corrected chi connectivity index (χ2v) is 4.75. The van der Waals surface area contributed by atoms with Crippen molar-refractivity contribution in [3.63, 3.8) is 0 Å². The molecule has 0 aliphatic heterocycles. The molecule has 1 rings (SSSR count). The van der Waals surface area contributed by atoms with E-state index >= 15 is 0 Å². The summed E-state index contributed by atoms with van der Waals surface area (Å²) < 4.78 is 5.94. The monoisotopic (exact) mass is 299 g/mol. The summed E-state index contributed by atoms with van der Waals surface area (Å²) in [7, 11) is 1.64. The van der Waals surface area contributed by atoms with Crippen molar-refractivity contribution in [1.29, 1.82) is 0 Å². The third-order valence-electron chi connectivity index (χ3n) is 2.66. The van der Waals surface area contributed by atoms with E-state index in [-0.39, 0.29) is 5.91 Å². The van der Waals surface area contributed by atoms with Crippen LogP contribution in [0.2, 0.25) is 0 Å². The first-order valence-electron chi connectivity index (χ1n) is 5.64. The minimum absolute atomic E-state index is 0.0587. The summed E-state index contributed by atoms with van der Waals surface area (Å²) in [6.07, 6.45) is 0. The van der Waals surface area contributed by atoms with Crippen molar-refractivity contribution >= 4 is 21.8 Å². The van der Waals surface area contributed by atoms with E-state index in [0.717, 1.165) is 15.6 Å². The van der Waals surface area contributed by atoms with Gasteiger partial charge in [0.15, 0.2) is 0 Å². The number of halogens is 1. The topological polar surface area (TPSA) is 29.5 Å². The lowest BCUT2D eigenvalue weighted by Gasteiger charge is -2.21. The summed E-state index contributed by atoms with van der Waals surface area (Å²) >= 11 is 3.39. The first kappa shape index (κ1) is 14.2. The molecule has 94 valence electrons. The summed E-state index contributed by atoms with van der Waals surface area (Å²) in [6, 6.07) is 5.76. The molecule has 0 aromatic heterocycles. The number of carbonyl (C=O) groups excluding carboxylic acids is 1. The van der Waals surface area contributed by atoms with Crippen LogP contribution in [0.5, 0.6) is 0 Å². The largest absolute Gasteiger partial charge is 0.383 e. The third-order valence-corrected chi connectivity index (χ3v) is 3.16. The fraction of sp³-hybridized carbons (Fsp3) is 0.462. The van der Waals surface area contributed by atoms with E-state index in [0.29, 0.717) is 19.7 Å². The number of methoxy groups -OCH3 is 1. The van der Waals surface area contributed by atoms with Gasteiger partial charge in [-0.15, -0.1) is 0 Å². The second kappa shape index (κ2) is 6.77. The van der Waals surface area contributed by atoms with Gasteiger partial charge in [0.05, 0.1) is 6.61 Å². The van der Waals surface area contributed by atoms with Gasteiger partial charge in [-0.2, -0.15) is 0 Å². The van der Waals surface area contributed by atoms with Gasteiger partial charge in [0.25, 0.3) is 5.91 Å².